The van der Waals surface area contributed by atoms with Crippen LogP contribution in [0.4, 0.5) is 0 Å². The number of hydrogen-bond acceptors (Lipinski definition) is 4. The first-order chi connectivity index (χ1) is 9.45. The van der Waals surface area contributed by atoms with E-state index < -0.39 is 5.97 Å². The van der Waals surface area contributed by atoms with Crippen LogP contribution in [0.25, 0.3) is 11.0 Å². The van der Waals surface area contributed by atoms with Crippen molar-refractivity contribution >= 4 is 28.8 Å². The fourth-order valence-electron chi connectivity index (χ4n) is 2.02. The zero-order valence-electron chi connectivity index (χ0n) is 12.2. The molecule has 6 heteroatoms. The number of carboxylic acids is 1. The van der Waals surface area contributed by atoms with Gasteiger partial charge in [-0.1, -0.05) is 20.3 Å². The van der Waals surface area contributed by atoms with Crippen LogP contribution in [0.2, 0.25) is 0 Å². The van der Waals surface area contributed by atoms with Gasteiger partial charge in [0.2, 0.25) is 0 Å². The third-order valence-electron chi connectivity index (χ3n) is 3.42. The van der Waals surface area contributed by atoms with E-state index in [2.05, 4.69) is 23.9 Å². The van der Waals surface area contributed by atoms with Gasteiger partial charge >= 0.3 is 5.97 Å². The molecule has 2 aromatic heterocycles. The molecule has 2 heterocycles. The lowest BCUT2D eigenvalue weighted by Crippen LogP contribution is -2.04. The number of carboxylic acid groups (broad SMARTS) is 1. The van der Waals surface area contributed by atoms with Gasteiger partial charge in [-0.3, -0.25) is 4.68 Å². The maximum atomic E-state index is 11.4. The molecule has 108 valence electrons. The maximum Gasteiger partial charge on any atom is 0.338 e. The molecule has 0 spiro atoms. The van der Waals surface area contributed by atoms with Crippen LogP contribution < -0.4 is 0 Å². The molecule has 1 atom stereocenters. The second kappa shape index (κ2) is 5.83. The fraction of sp³-hybridized carbons (Fsp3) is 0.500. The van der Waals surface area contributed by atoms with Crippen LogP contribution in [0.15, 0.2) is 11.1 Å². The van der Waals surface area contributed by atoms with Gasteiger partial charge in [0.05, 0.1) is 16.6 Å². The SMILES string of the molecule is CCC(C)CSc1c(C(=O)O)cnc2c1c(C)nn2C. The average Bonchev–Trinajstić information content (AvgIpc) is 2.70. The van der Waals surface area contributed by atoms with Gasteiger partial charge in [-0.05, 0) is 12.8 Å². The Labute approximate surface area is 122 Å². The lowest BCUT2D eigenvalue weighted by Gasteiger charge is -2.11. The first kappa shape index (κ1) is 14.8. The molecule has 2 rings (SSSR count). The van der Waals surface area contributed by atoms with Crippen molar-refractivity contribution in [2.24, 2.45) is 13.0 Å². The molecule has 20 heavy (non-hydrogen) atoms. The van der Waals surface area contributed by atoms with E-state index in [9.17, 15) is 9.90 Å². The van der Waals surface area contributed by atoms with Gasteiger partial charge in [-0.2, -0.15) is 5.10 Å². The number of carbonyl (C=O) groups is 1. The smallest absolute Gasteiger partial charge is 0.338 e. The highest BCUT2D eigenvalue weighted by atomic mass is 32.2. The summed E-state index contributed by atoms with van der Waals surface area (Å²) < 4.78 is 1.70. The summed E-state index contributed by atoms with van der Waals surface area (Å²) >= 11 is 1.59. The second-order valence-corrected chi connectivity index (χ2v) is 6.07. The van der Waals surface area contributed by atoms with Crippen LogP contribution in [0, 0.1) is 12.8 Å². The molecule has 0 radical (unpaired) electrons. The molecule has 5 nitrogen and oxygen atoms in total. The normalized spacial score (nSPS) is 12.8. The fourth-order valence-corrected chi connectivity index (χ4v) is 3.39. The highest BCUT2D eigenvalue weighted by Crippen LogP contribution is 2.33. The Morgan fingerprint density at radius 2 is 2.25 bits per heavy atom. The predicted molar refractivity (Wildman–Crippen MR) is 80.4 cm³/mol. The first-order valence-corrected chi connectivity index (χ1v) is 7.62. The van der Waals surface area contributed by atoms with E-state index in [4.69, 9.17) is 0 Å². The van der Waals surface area contributed by atoms with Crippen molar-refractivity contribution in [3.63, 3.8) is 0 Å². The van der Waals surface area contributed by atoms with Crippen molar-refractivity contribution in [2.45, 2.75) is 32.1 Å². The summed E-state index contributed by atoms with van der Waals surface area (Å²) in [6.45, 7) is 6.20. The summed E-state index contributed by atoms with van der Waals surface area (Å²) in [6, 6.07) is 0. The molecule has 1 unspecified atom stereocenters. The molecule has 0 aromatic carbocycles. The van der Waals surface area contributed by atoms with Crippen molar-refractivity contribution < 1.29 is 9.90 Å². The monoisotopic (exact) mass is 293 g/mol. The van der Waals surface area contributed by atoms with Crippen LogP contribution in [-0.2, 0) is 7.05 Å². The average molecular weight is 293 g/mol. The maximum absolute atomic E-state index is 11.4. The van der Waals surface area contributed by atoms with Gasteiger partial charge in [0, 0.05) is 23.9 Å². The van der Waals surface area contributed by atoms with Gasteiger partial charge in [0.15, 0.2) is 5.65 Å². The number of rotatable bonds is 5. The number of fused-ring (bicyclic) bond motifs is 1. The minimum atomic E-state index is -0.936. The van der Waals surface area contributed by atoms with E-state index in [1.807, 2.05) is 14.0 Å². The van der Waals surface area contributed by atoms with Gasteiger partial charge in [0.1, 0.15) is 0 Å². The number of thioether (sulfide) groups is 1. The Hall–Kier alpha value is -1.56. The highest BCUT2D eigenvalue weighted by molar-refractivity contribution is 7.99. The van der Waals surface area contributed by atoms with E-state index in [1.165, 1.54) is 6.20 Å². The highest BCUT2D eigenvalue weighted by Gasteiger charge is 2.20. The zero-order valence-corrected chi connectivity index (χ0v) is 13.0. The topological polar surface area (TPSA) is 68.0 Å². The van der Waals surface area contributed by atoms with Gasteiger partial charge in [-0.15, -0.1) is 11.8 Å². The Morgan fingerprint density at radius 3 is 2.85 bits per heavy atom. The van der Waals surface area contributed by atoms with Gasteiger partial charge < -0.3 is 5.11 Å². The summed E-state index contributed by atoms with van der Waals surface area (Å²) in [5.74, 6) is 0.501. The summed E-state index contributed by atoms with van der Waals surface area (Å²) in [7, 11) is 1.83. The van der Waals surface area contributed by atoms with Crippen molar-refractivity contribution in [2.75, 3.05) is 5.75 Å². The number of hydrogen-bond donors (Lipinski definition) is 1. The molecule has 0 fully saturated rings. The van der Waals surface area contributed by atoms with Crippen LogP contribution >= 0.6 is 11.8 Å². The molecular weight excluding hydrogens is 274 g/mol. The number of aromatic carboxylic acids is 1. The van der Waals surface area contributed by atoms with Crippen LogP contribution in [-0.4, -0.2) is 31.6 Å². The molecule has 0 aliphatic rings. The van der Waals surface area contributed by atoms with Crippen molar-refractivity contribution in [1.82, 2.24) is 14.8 Å². The second-order valence-electron chi connectivity index (χ2n) is 5.04. The van der Waals surface area contributed by atoms with E-state index in [-0.39, 0.29) is 5.56 Å². The van der Waals surface area contributed by atoms with E-state index in [0.29, 0.717) is 5.92 Å². The standard InChI is InChI=1S/C14H19N3O2S/c1-5-8(2)7-20-12-10(14(18)19)6-15-13-11(12)9(3)16-17(13)4/h6,8H,5,7H2,1-4H3,(H,18,19). The third kappa shape index (κ3) is 2.65. The number of aromatic nitrogens is 3. The van der Waals surface area contributed by atoms with Crippen LogP contribution in [0.5, 0.6) is 0 Å². The van der Waals surface area contributed by atoms with E-state index >= 15 is 0 Å². The Bertz CT molecular complexity index is 651. The van der Waals surface area contributed by atoms with Crippen molar-refractivity contribution in [1.29, 1.82) is 0 Å². The molecule has 1 N–H and O–H groups in total. The minimum absolute atomic E-state index is 0.266. The predicted octanol–water partition coefficient (Wildman–Crippen LogP) is 3.11. The molecule has 0 saturated carbocycles. The summed E-state index contributed by atoms with van der Waals surface area (Å²) in [4.78, 5) is 16.4. The van der Waals surface area contributed by atoms with Gasteiger partial charge in [0.25, 0.3) is 0 Å². The molecule has 0 aliphatic heterocycles. The zero-order chi connectivity index (χ0) is 14.9. The van der Waals surface area contributed by atoms with Crippen LogP contribution in [0.3, 0.4) is 0 Å². The first-order valence-electron chi connectivity index (χ1n) is 6.64. The largest absolute Gasteiger partial charge is 0.478 e. The molecule has 0 saturated heterocycles. The number of aryl methyl sites for hydroxylation is 2. The van der Waals surface area contributed by atoms with Gasteiger partial charge in [-0.25, -0.2) is 9.78 Å². The van der Waals surface area contributed by atoms with Crippen molar-refractivity contribution in [3.05, 3.63) is 17.5 Å². The molecule has 0 aliphatic carbocycles. The summed E-state index contributed by atoms with van der Waals surface area (Å²) in [5, 5.41) is 14.6. The van der Waals surface area contributed by atoms with E-state index in [0.717, 1.165) is 33.8 Å². The third-order valence-corrected chi connectivity index (χ3v) is 4.87. The lowest BCUT2D eigenvalue weighted by molar-refractivity contribution is 0.0693. The Morgan fingerprint density at radius 1 is 1.55 bits per heavy atom. The quantitative estimate of drug-likeness (QED) is 0.858. The number of pyridine rings is 1. The Balaban J connectivity index is 2.56. The summed E-state index contributed by atoms with van der Waals surface area (Å²) in [5.41, 5.74) is 1.82. The van der Waals surface area contributed by atoms with Crippen LogP contribution in [0.1, 0.15) is 36.3 Å². The minimum Gasteiger partial charge on any atom is -0.478 e. The number of nitrogens with zero attached hydrogens (tertiary/aromatic N) is 3. The Kier molecular flexibility index (Phi) is 4.32. The van der Waals surface area contributed by atoms with E-state index in [1.54, 1.807) is 16.4 Å². The lowest BCUT2D eigenvalue weighted by atomic mass is 10.2. The molecule has 0 amide bonds. The molecule has 2 aromatic rings. The van der Waals surface area contributed by atoms with Crippen molar-refractivity contribution in [3.8, 4) is 0 Å². The molecular formula is C14H19N3O2S. The molecule has 0 bridgehead atoms. The summed E-state index contributed by atoms with van der Waals surface area (Å²) in [6.07, 6.45) is 2.51.